The van der Waals surface area contributed by atoms with Crippen LogP contribution in [-0.4, -0.2) is 24.6 Å². The highest BCUT2D eigenvalue weighted by Crippen LogP contribution is 1.99. The van der Waals surface area contributed by atoms with Gasteiger partial charge in [-0.25, -0.2) is 0 Å². The summed E-state index contributed by atoms with van der Waals surface area (Å²) in [6, 6.07) is 0. The van der Waals surface area contributed by atoms with E-state index in [-0.39, 0.29) is 0 Å². The number of nitrogens with one attached hydrogen (secondary N) is 1. The van der Waals surface area contributed by atoms with E-state index < -0.39 is 0 Å². The topological polar surface area (TPSA) is 12.0 Å². The van der Waals surface area contributed by atoms with Gasteiger partial charge in [-0.15, -0.1) is 0 Å². The molecular formula is C10H23NS. The maximum absolute atomic E-state index is 3.47. The molecule has 0 aliphatic rings. The molecule has 0 spiro atoms. The Bertz CT molecular complexity index is 66.2. The van der Waals surface area contributed by atoms with E-state index in [4.69, 9.17) is 0 Å². The van der Waals surface area contributed by atoms with Crippen molar-refractivity contribution in [1.29, 1.82) is 0 Å². The lowest BCUT2D eigenvalue weighted by atomic mass is 10.2. The van der Waals surface area contributed by atoms with E-state index in [0.29, 0.717) is 0 Å². The minimum absolute atomic E-state index is 1.21. The number of thioether (sulfide) groups is 1. The highest BCUT2D eigenvalue weighted by molar-refractivity contribution is 7.99. The lowest BCUT2D eigenvalue weighted by Gasteiger charge is -2.02. The molecule has 0 saturated heterocycles. The van der Waals surface area contributed by atoms with Crippen LogP contribution in [0.4, 0.5) is 0 Å². The fourth-order valence-electron chi connectivity index (χ4n) is 1.07. The molecule has 0 aromatic heterocycles. The van der Waals surface area contributed by atoms with E-state index in [1.54, 1.807) is 0 Å². The van der Waals surface area contributed by atoms with Crippen LogP contribution >= 0.6 is 11.8 Å². The second-order valence-corrected chi connectivity index (χ2v) is 4.40. The quantitative estimate of drug-likeness (QED) is 0.560. The fraction of sp³-hybridized carbons (Fsp3) is 1.00. The maximum Gasteiger partial charge on any atom is -0.00411 e. The monoisotopic (exact) mass is 189 g/mol. The van der Waals surface area contributed by atoms with Crippen LogP contribution in [0.5, 0.6) is 0 Å². The van der Waals surface area contributed by atoms with Gasteiger partial charge in [0.2, 0.25) is 0 Å². The number of rotatable bonds is 9. The van der Waals surface area contributed by atoms with Gasteiger partial charge in [-0.1, -0.05) is 26.7 Å². The van der Waals surface area contributed by atoms with Crippen molar-refractivity contribution < 1.29 is 0 Å². The molecule has 0 aliphatic carbocycles. The van der Waals surface area contributed by atoms with Crippen molar-refractivity contribution in [3.8, 4) is 0 Å². The second-order valence-electron chi connectivity index (χ2n) is 3.01. The van der Waals surface area contributed by atoms with Crippen molar-refractivity contribution >= 4 is 11.8 Å². The first-order valence-corrected chi connectivity index (χ1v) is 6.35. The first-order chi connectivity index (χ1) is 5.91. The maximum atomic E-state index is 3.47. The summed E-state index contributed by atoms with van der Waals surface area (Å²) >= 11 is 2.04. The molecule has 1 nitrogen and oxygen atoms in total. The molecule has 1 N–H and O–H groups in total. The Morgan fingerprint density at radius 3 is 2.42 bits per heavy atom. The summed E-state index contributed by atoms with van der Waals surface area (Å²) in [6.45, 7) is 6.89. The molecule has 0 saturated carbocycles. The predicted molar refractivity (Wildman–Crippen MR) is 60.0 cm³/mol. The van der Waals surface area contributed by atoms with Crippen LogP contribution in [0.2, 0.25) is 0 Å². The van der Waals surface area contributed by atoms with Gasteiger partial charge >= 0.3 is 0 Å². The SMILES string of the molecule is CCCCCNCCCSCC. The molecule has 0 bridgehead atoms. The zero-order valence-corrected chi connectivity index (χ0v) is 9.38. The van der Waals surface area contributed by atoms with Gasteiger partial charge in [-0.3, -0.25) is 0 Å². The van der Waals surface area contributed by atoms with Gasteiger partial charge in [0.05, 0.1) is 0 Å². The molecule has 0 aromatic rings. The number of hydrogen-bond acceptors (Lipinski definition) is 2. The third-order valence-corrected chi connectivity index (χ3v) is 2.79. The van der Waals surface area contributed by atoms with Crippen LogP contribution in [-0.2, 0) is 0 Å². The highest BCUT2D eigenvalue weighted by Gasteiger charge is 1.88. The molecule has 12 heavy (non-hydrogen) atoms. The number of hydrogen-bond donors (Lipinski definition) is 1. The lowest BCUT2D eigenvalue weighted by molar-refractivity contribution is 0.613. The van der Waals surface area contributed by atoms with Crippen molar-refractivity contribution in [3.63, 3.8) is 0 Å². The first-order valence-electron chi connectivity index (χ1n) is 5.20. The molecule has 0 amide bonds. The summed E-state index contributed by atoms with van der Waals surface area (Å²) in [7, 11) is 0. The Morgan fingerprint density at radius 2 is 1.75 bits per heavy atom. The van der Waals surface area contributed by atoms with Gasteiger partial charge in [-0.2, -0.15) is 11.8 Å². The minimum atomic E-state index is 1.21. The second kappa shape index (κ2) is 11.3. The van der Waals surface area contributed by atoms with Crippen molar-refractivity contribution in [2.24, 2.45) is 0 Å². The van der Waals surface area contributed by atoms with Gasteiger partial charge in [0, 0.05) is 0 Å². The Morgan fingerprint density at radius 1 is 1.00 bits per heavy atom. The molecule has 0 heterocycles. The van der Waals surface area contributed by atoms with Gasteiger partial charge < -0.3 is 5.32 Å². The van der Waals surface area contributed by atoms with Crippen LogP contribution in [0.1, 0.15) is 39.5 Å². The van der Waals surface area contributed by atoms with E-state index in [1.807, 2.05) is 11.8 Å². The highest BCUT2D eigenvalue weighted by atomic mass is 32.2. The zero-order chi connectivity index (χ0) is 9.07. The van der Waals surface area contributed by atoms with Crippen molar-refractivity contribution in [2.45, 2.75) is 39.5 Å². The molecule has 0 aromatic carbocycles. The molecule has 74 valence electrons. The molecular weight excluding hydrogens is 166 g/mol. The van der Waals surface area contributed by atoms with E-state index in [0.717, 1.165) is 0 Å². The van der Waals surface area contributed by atoms with Gasteiger partial charge in [0.25, 0.3) is 0 Å². The zero-order valence-electron chi connectivity index (χ0n) is 8.57. The molecule has 0 fully saturated rings. The normalized spacial score (nSPS) is 10.5. The third kappa shape index (κ3) is 10.3. The van der Waals surface area contributed by atoms with Gasteiger partial charge in [-0.05, 0) is 37.4 Å². The average Bonchev–Trinajstić information content (AvgIpc) is 2.10. The standard InChI is InChI=1S/C10H23NS/c1-3-5-6-8-11-9-7-10-12-4-2/h11H,3-10H2,1-2H3. The Kier molecular flexibility index (Phi) is 11.6. The minimum Gasteiger partial charge on any atom is -0.317 e. The first kappa shape index (κ1) is 12.3. The van der Waals surface area contributed by atoms with Crippen LogP contribution in [0.3, 0.4) is 0 Å². The van der Waals surface area contributed by atoms with E-state index in [9.17, 15) is 0 Å². The van der Waals surface area contributed by atoms with Crippen LogP contribution < -0.4 is 5.32 Å². The third-order valence-electron chi connectivity index (χ3n) is 1.80. The summed E-state index contributed by atoms with van der Waals surface area (Å²) in [4.78, 5) is 0. The van der Waals surface area contributed by atoms with Crippen LogP contribution in [0, 0.1) is 0 Å². The van der Waals surface area contributed by atoms with Crippen LogP contribution in [0.25, 0.3) is 0 Å². The molecule has 0 radical (unpaired) electrons. The lowest BCUT2D eigenvalue weighted by Crippen LogP contribution is -2.17. The smallest absolute Gasteiger partial charge is 0.00411 e. The van der Waals surface area contributed by atoms with E-state index in [1.165, 1.54) is 50.3 Å². The van der Waals surface area contributed by atoms with Crippen molar-refractivity contribution in [2.75, 3.05) is 24.6 Å². The Hall–Kier alpha value is 0.310. The van der Waals surface area contributed by atoms with E-state index in [2.05, 4.69) is 19.2 Å². The van der Waals surface area contributed by atoms with Gasteiger partial charge in [0.15, 0.2) is 0 Å². The molecule has 0 aliphatic heterocycles. The number of unbranched alkanes of at least 4 members (excludes halogenated alkanes) is 2. The van der Waals surface area contributed by atoms with Crippen molar-refractivity contribution in [3.05, 3.63) is 0 Å². The summed E-state index contributed by atoms with van der Waals surface area (Å²) < 4.78 is 0. The molecule has 0 unspecified atom stereocenters. The summed E-state index contributed by atoms with van der Waals surface area (Å²) in [5.74, 6) is 2.58. The Balaban J connectivity index is 2.73. The molecule has 0 atom stereocenters. The predicted octanol–water partition coefficient (Wildman–Crippen LogP) is 2.91. The fourth-order valence-corrected chi connectivity index (χ4v) is 1.71. The molecule has 0 rings (SSSR count). The van der Waals surface area contributed by atoms with Gasteiger partial charge in [0.1, 0.15) is 0 Å². The summed E-state index contributed by atoms with van der Waals surface area (Å²) in [5, 5.41) is 3.47. The average molecular weight is 189 g/mol. The molecule has 2 heteroatoms. The van der Waals surface area contributed by atoms with E-state index >= 15 is 0 Å². The van der Waals surface area contributed by atoms with Crippen LogP contribution in [0.15, 0.2) is 0 Å². The summed E-state index contributed by atoms with van der Waals surface area (Å²) in [5.41, 5.74) is 0. The Labute approximate surface area is 81.7 Å². The van der Waals surface area contributed by atoms with Crippen molar-refractivity contribution in [1.82, 2.24) is 5.32 Å². The summed E-state index contributed by atoms with van der Waals surface area (Å²) in [6.07, 6.45) is 5.37. The largest absolute Gasteiger partial charge is 0.317 e.